The van der Waals surface area contributed by atoms with E-state index in [1.807, 2.05) is 20.9 Å². The topological polar surface area (TPSA) is 82.3 Å². The lowest BCUT2D eigenvalue weighted by Crippen LogP contribution is -2.34. The third-order valence-corrected chi connectivity index (χ3v) is 2.71. The van der Waals surface area contributed by atoms with E-state index in [4.69, 9.17) is 0 Å². The second-order valence-corrected chi connectivity index (χ2v) is 5.04. The molecule has 0 spiro atoms. The molecule has 1 rings (SSSR count). The van der Waals surface area contributed by atoms with Crippen molar-refractivity contribution in [3.63, 3.8) is 0 Å². The number of anilines is 1. The predicted octanol–water partition coefficient (Wildman–Crippen LogP) is 1.56. The summed E-state index contributed by atoms with van der Waals surface area (Å²) in [5.41, 5.74) is 1.23. The number of benzene rings is 1. The molecule has 0 bridgehead atoms. The number of carbonyl (C=O) groups excluding carboxylic acids is 2. The van der Waals surface area contributed by atoms with Gasteiger partial charge in [0.05, 0.1) is 0 Å². The highest BCUT2D eigenvalue weighted by atomic mass is 16.2. The quantitative estimate of drug-likeness (QED) is 0.576. The van der Waals surface area contributed by atoms with Crippen molar-refractivity contribution < 1.29 is 9.59 Å². The van der Waals surface area contributed by atoms with E-state index in [-0.39, 0.29) is 18.0 Å². The SMILES string of the molecule is CNCCCNC(=O)c1ccc(NC(=O)NC(C)C)cc1. The lowest BCUT2D eigenvalue weighted by molar-refractivity contribution is 0.0953. The molecule has 4 N–H and O–H groups in total. The summed E-state index contributed by atoms with van der Waals surface area (Å²) >= 11 is 0. The first-order chi connectivity index (χ1) is 10.0. The van der Waals surface area contributed by atoms with Gasteiger partial charge in [0.2, 0.25) is 0 Å². The number of urea groups is 1. The Morgan fingerprint density at radius 3 is 2.33 bits per heavy atom. The fourth-order valence-electron chi connectivity index (χ4n) is 1.70. The van der Waals surface area contributed by atoms with Crippen molar-refractivity contribution in [3.8, 4) is 0 Å². The van der Waals surface area contributed by atoms with Crippen LogP contribution >= 0.6 is 0 Å². The highest BCUT2D eigenvalue weighted by molar-refractivity contribution is 5.95. The van der Waals surface area contributed by atoms with Crippen LogP contribution in [-0.4, -0.2) is 38.1 Å². The van der Waals surface area contributed by atoms with Crippen molar-refractivity contribution in [1.82, 2.24) is 16.0 Å². The zero-order valence-corrected chi connectivity index (χ0v) is 12.8. The van der Waals surface area contributed by atoms with E-state index in [9.17, 15) is 9.59 Å². The van der Waals surface area contributed by atoms with Crippen molar-refractivity contribution in [2.45, 2.75) is 26.3 Å². The van der Waals surface area contributed by atoms with Gasteiger partial charge in [-0.2, -0.15) is 0 Å². The zero-order chi connectivity index (χ0) is 15.7. The summed E-state index contributed by atoms with van der Waals surface area (Å²) in [7, 11) is 1.88. The number of nitrogens with one attached hydrogen (secondary N) is 4. The normalized spacial score (nSPS) is 10.3. The second-order valence-electron chi connectivity index (χ2n) is 5.04. The van der Waals surface area contributed by atoms with E-state index in [1.54, 1.807) is 24.3 Å². The van der Waals surface area contributed by atoms with Crippen LogP contribution in [0.2, 0.25) is 0 Å². The molecule has 1 aromatic carbocycles. The Hall–Kier alpha value is -2.08. The molecule has 6 nitrogen and oxygen atoms in total. The molecule has 0 radical (unpaired) electrons. The van der Waals surface area contributed by atoms with Crippen molar-refractivity contribution in [2.75, 3.05) is 25.5 Å². The van der Waals surface area contributed by atoms with Gasteiger partial charge in [-0.1, -0.05) is 0 Å². The molecule has 1 aromatic rings. The van der Waals surface area contributed by atoms with Gasteiger partial charge in [0.1, 0.15) is 0 Å². The molecule has 6 heteroatoms. The van der Waals surface area contributed by atoms with Crippen LogP contribution in [0.4, 0.5) is 10.5 Å². The Labute approximate surface area is 125 Å². The molecule has 0 heterocycles. The molecule has 0 aliphatic rings. The van der Waals surface area contributed by atoms with Crippen molar-refractivity contribution in [3.05, 3.63) is 29.8 Å². The molecule has 0 unspecified atom stereocenters. The minimum absolute atomic E-state index is 0.0765. The minimum Gasteiger partial charge on any atom is -0.352 e. The summed E-state index contributed by atoms with van der Waals surface area (Å²) in [6.45, 7) is 5.28. The third-order valence-electron chi connectivity index (χ3n) is 2.71. The molecule has 0 saturated heterocycles. The Balaban J connectivity index is 2.46. The van der Waals surface area contributed by atoms with Gasteiger partial charge < -0.3 is 21.3 Å². The summed E-state index contributed by atoms with van der Waals surface area (Å²) in [6, 6.07) is 6.63. The number of amides is 3. The van der Waals surface area contributed by atoms with Crippen LogP contribution in [0.25, 0.3) is 0 Å². The van der Waals surface area contributed by atoms with E-state index >= 15 is 0 Å². The van der Waals surface area contributed by atoms with Crippen LogP contribution < -0.4 is 21.3 Å². The van der Waals surface area contributed by atoms with E-state index in [2.05, 4.69) is 21.3 Å². The summed E-state index contributed by atoms with van der Waals surface area (Å²) < 4.78 is 0. The maximum Gasteiger partial charge on any atom is 0.319 e. The molecule has 0 aliphatic heterocycles. The molecule has 116 valence electrons. The molecule has 21 heavy (non-hydrogen) atoms. The van der Waals surface area contributed by atoms with Crippen LogP contribution in [-0.2, 0) is 0 Å². The fourth-order valence-corrected chi connectivity index (χ4v) is 1.70. The van der Waals surface area contributed by atoms with Gasteiger partial charge in [-0.25, -0.2) is 4.79 Å². The van der Waals surface area contributed by atoms with E-state index in [1.165, 1.54) is 0 Å². The maximum atomic E-state index is 11.9. The lowest BCUT2D eigenvalue weighted by atomic mass is 10.2. The Kier molecular flexibility index (Phi) is 7.25. The molecule has 0 aromatic heterocycles. The van der Waals surface area contributed by atoms with Gasteiger partial charge in [0.25, 0.3) is 5.91 Å². The van der Waals surface area contributed by atoms with Gasteiger partial charge in [-0.15, -0.1) is 0 Å². The summed E-state index contributed by atoms with van der Waals surface area (Å²) in [6.07, 6.45) is 0.886. The largest absolute Gasteiger partial charge is 0.352 e. The van der Waals surface area contributed by atoms with Crippen LogP contribution in [0, 0.1) is 0 Å². The zero-order valence-electron chi connectivity index (χ0n) is 12.8. The predicted molar refractivity (Wildman–Crippen MR) is 84.6 cm³/mol. The highest BCUT2D eigenvalue weighted by Gasteiger charge is 2.06. The minimum atomic E-state index is -0.255. The molecule has 0 atom stereocenters. The molecule has 0 saturated carbocycles. The van der Waals surface area contributed by atoms with Crippen LogP contribution in [0.15, 0.2) is 24.3 Å². The number of hydrogen-bond acceptors (Lipinski definition) is 3. The van der Waals surface area contributed by atoms with E-state index in [0.717, 1.165) is 13.0 Å². The second kappa shape index (κ2) is 8.97. The summed E-state index contributed by atoms with van der Waals surface area (Å²) in [5, 5.41) is 11.3. The Morgan fingerprint density at radius 1 is 1.10 bits per heavy atom. The lowest BCUT2D eigenvalue weighted by Gasteiger charge is -2.10. The summed E-state index contributed by atoms with van der Waals surface area (Å²) in [4.78, 5) is 23.4. The molecular weight excluding hydrogens is 268 g/mol. The van der Waals surface area contributed by atoms with Crippen molar-refractivity contribution >= 4 is 17.6 Å². The third kappa shape index (κ3) is 6.76. The highest BCUT2D eigenvalue weighted by Crippen LogP contribution is 2.09. The summed E-state index contributed by atoms with van der Waals surface area (Å²) in [5.74, 6) is -0.107. The first-order valence-electron chi connectivity index (χ1n) is 7.13. The van der Waals surface area contributed by atoms with Crippen molar-refractivity contribution in [2.24, 2.45) is 0 Å². The molecular formula is C15H24N4O2. The van der Waals surface area contributed by atoms with Gasteiger partial charge in [-0.3, -0.25) is 4.79 Å². The average molecular weight is 292 g/mol. The Bertz CT molecular complexity index is 457. The van der Waals surface area contributed by atoms with E-state index in [0.29, 0.717) is 17.8 Å². The van der Waals surface area contributed by atoms with Crippen LogP contribution in [0.3, 0.4) is 0 Å². The monoisotopic (exact) mass is 292 g/mol. The van der Waals surface area contributed by atoms with Crippen LogP contribution in [0.5, 0.6) is 0 Å². The van der Waals surface area contributed by atoms with E-state index < -0.39 is 0 Å². The first kappa shape index (κ1) is 17.0. The first-order valence-corrected chi connectivity index (χ1v) is 7.13. The van der Waals surface area contributed by atoms with Crippen molar-refractivity contribution in [1.29, 1.82) is 0 Å². The molecule has 0 fully saturated rings. The van der Waals surface area contributed by atoms with Crippen LogP contribution in [0.1, 0.15) is 30.6 Å². The Morgan fingerprint density at radius 2 is 1.76 bits per heavy atom. The smallest absolute Gasteiger partial charge is 0.319 e. The average Bonchev–Trinajstić information content (AvgIpc) is 2.43. The fraction of sp³-hybridized carbons (Fsp3) is 0.467. The van der Waals surface area contributed by atoms with Gasteiger partial charge >= 0.3 is 6.03 Å². The maximum absolute atomic E-state index is 11.9. The molecule has 0 aliphatic carbocycles. The number of rotatable bonds is 7. The van der Waals surface area contributed by atoms with Gasteiger partial charge in [-0.05, 0) is 58.1 Å². The van der Waals surface area contributed by atoms with Gasteiger partial charge in [0, 0.05) is 23.8 Å². The number of hydrogen-bond donors (Lipinski definition) is 4. The number of carbonyl (C=O) groups is 2. The molecule has 3 amide bonds. The van der Waals surface area contributed by atoms with Gasteiger partial charge in [0.15, 0.2) is 0 Å². The standard InChI is InChI=1S/C15H24N4O2/c1-11(2)18-15(21)19-13-7-5-12(6-8-13)14(20)17-10-4-9-16-3/h5-8,11,16H,4,9-10H2,1-3H3,(H,17,20)(H2,18,19,21).